The number of thioether (sulfide) groups is 1. The van der Waals surface area contributed by atoms with Gasteiger partial charge in [-0.15, -0.1) is 11.8 Å². The summed E-state index contributed by atoms with van der Waals surface area (Å²) in [7, 11) is 0. The number of hydrogen-bond donors (Lipinski definition) is 1. The molecule has 0 spiro atoms. The molecule has 0 saturated carbocycles. The fraction of sp³-hybridized carbons (Fsp3) is 0.143. The lowest BCUT2D eigenvalue weighted by molar-refractivity contribution is 1.07. The van der Waals surface area contributed by atoms with Gasteiger partial charge >= 0.3 is 0 Å². The second-order valence-electron chi connectivity index (χ2n) is 3.88. The molecule has 2 rings (SSSR count). The minimum Gasteiger partial charge on any atom is -0.326 e. The summed E-state index contributed by atoms with van der Waals surface area (Å²) in [6.45, 7) is 0.515. The van der Waals surface area contributed by atoms with Crippen LogP contribution in [-0.2, 0) is 12.3 Å². The lowest BCUT2D eigenvalue weighted by atomic mass is 10.1. The van der Waals surface area contributed by atoms with Crippen LogP contribution in [0.4, 0.5) is 0 Å². The predicted octanol–water partition coefficient (Wildman–Crippen LogP) is 4.74. The van der Waals surface area contributed by atoms with Crippen LogP contribution in [-0.4, -0.2) is 0 Å². The molecule has 18 heavy (non-hydrogen) atoms. The van der Waals surface area contributed by atoms with Crippen molar-refractivity contribution in [2.24, 2.45) is 5.73 Å². The molecule has 0 aliphatic rings. The second-order valence-corrected chi connectivity index (χ2v) is 5.77. The van der Waals surface area contributed by atoms with Crippen LogP contribution in [0.1, 0.15) is 11.1 Å². The fourth-order valence-electron chi connectivity index (χ4n) is 1.55. The van der Waals surface area contributed by atoms with Crippen LogP contribution in [0.2, 0.25) is 10.0 Å². The maximum absolute atomic E-state index is 6.21. The molecule has 1 nitrogen and oxygen atoms in total. The SMILES string of the molecule is NCc1ccc(CSc2cccc(Cl)c2)c(Cl)c1. The summed E-state index contributed by atoms with van der Waals surface area (Å²) in [5.41, 5.74) is 7.73. The van der Waals surface area contributed by atoms with Gasteiger partial charge in [0.1, 0.15) is 0 Å². The van der Waals surface area contributed by atoms with Gasteiger partial charge in [0, 0.05) is 27.2 Å². The average Bonchev–Trinajstić information content (AvgIpc) is 2.37. The standard InChI is InChI=1S/C14H13Cl2NS/c15-12-2-1-3-13(7-12)18-9-11-5-4-10(8-17)6-14(11)16/h1-7H,8-9,17H2. The summed E-state index contributed by atoms with van der Waals surface area (Å²) < 4.78 is 0. The maximum atomic E-state index is 6.21. The van der Waals surface area contributed by atoms with E-state index in [1.807, 2.05) is 42.5 Å². The summed E-state index contributed by atoms with van der Waals surface area (Å²) in [4.78, 5) is 1.14. The quantitative estimate of drug-likeness (QED) is 0.825. The van der Waals surface area contributed by atoms with Crippen molar-refractivity contribution in [3.63, 3.8) is 0 Å². The Labute approximate surface area is 121 Å². The summed E-state index contributed by atoms with van der Waals surface area (Å²) in [5.74, 6) is 0.823. The third-order valence-corrected chi connectivity index (χ3v) is 4.17. The number of halogens is 2. The van der Waals surface area contributed by atoms with Crippen LogP contribution in [0.15, 0.2) is 47.4 Å². The van der Waals surface area contributed by atoms with E-state index < -0.39 is 0 Å². The molecule has 0 bridgehead atoms. The fourth-order valence-corrected chi connectivity index (χ4v) is 3.12. The largest absolute Gasteiger partial charge is 0.326 e. The molecule has 0 heterocycles. The van der Waals surface area contributed by atoms with Crippen LogP contribution >= 0.6 is 35.0 Å². The van der Waals surface area contributed by atoms with Gasteiger partial charge in [-0.1, -0.05) is 41.4 Å². The zero-order valence-electron chi connectivity index (χ0n) is 9.70. The van der Waals surface area contributed by atoms with E-state index in [0.29, 0.717) is 6.54 Å². The van der Waals surface area contributed by atoms with Gasteiger partial charge in [0.05, 0.1) is 0 Å². The maximum Gasteiger partial charge on any atom is 0.0449 e. The van der Waals surface area contributed by atoms with Crippen LogP contribution in [0.25, 0.3) is 0 Å². The van der Waals surface area contributed by atoms with Crippen molar-refractivity contribution in [1.29, 1.82) is 0 Å². The highest BCUT2D eigenvalue weighted by Gasteiger charge is 2.03. The molecule has 0 amide bonds. The van der Waals surface area contributed by atoms with Crippen molar-refractivity contribution in [1.82, 2.24) is 0 Å². The van der Waals surface area contributed by atoms with Crippen molar-refractivity contribution in [3.05, 3.63) is 63.6 Å². The lowest BCUT2D eigenvalue weighted by Gasteiger charge is -2.06. The van der Waals surface area contributed by atoms with Crippen LogP contribution in [0.3, 0.4) is 0 Å². The molecule has 0 aromatic heterocycles. The van der Waals surface area contributed by atoms with Crippen molar-refractivity contribution in [2.75, 3.05) is 0 Å². The van der Waals surface area contributed by atoms with E-state index >= 15 is 0 Å². The van der Waals surface area contributed by atoms with E-state index in [9.17, 15) is 0 Å². The number of rotatable bonds is 4. The molecular weight excluding hydrogens is 285 g/mol. The van der Waals surface area contributed by atoms with Crippen LogP contribution < -0.4 is 5.73 Å². The normalized spacial score (nSPS) is 10.6. The van der Waals surface area contributed by atoms with E-state index in [2.05, 4.69) is 0 Å². The summed E-state index contributed by atoms with van der Waals surface area (Å²) in [6, 6.07) is 13.8. The molecule has 0 unspecified atom stereocenters. The van der Waals surface area contributed by atoms with E-state index in [1.54, 1.807) is 11.8 Å². The molecule has 94 valence electrons. The van der Waals surface area contributed by atoms with Gasteiger partial charge in [-0.2, -0.15) is 0 Å². The molecule has 2 N–H and O–H groups in total. The van der Waals surface area contributed by atoms with Crippen molar-refractivity contribution < 1.29 is 0 Å². The summed E-state index contributed by atoms with van der Waals surface area (Å²) >= 11 is 13.9. The monoisotopic (exact) mass is 297 g/mol. The minimum atomic E-state index is 0.515. The third-order valence-electron chi connectivity index (χ3n) is 2.54. The summed E-state index contributed by atoms with van der Waals surface area (Å²) in [5, 5.41) is 1.53. The van der Waals surface area contributed by atoms with Gasteiger partial charge in [0.2, 0.25) is 0 Å². The number of benzene rings is 2. The summed E-state index contributed by atoms with van der Waals surface area (Å²) in [6.07, 6.45) is 0. The Morgan fingerprint density at radius 1 is 1.06 bits per heavy atom. The van der Waals surface area contributed by atoms with E-state index in [-0.39, 0.29) is 0 Å². The predicted molar refractivity (Wildman–Crippen MR) is 80.4 cm³/mol. The smallest absolute Gasteiger partial charge is 0.0449 e. The number of nitrogens with two attached hydrogens (primary N) is 1. The molecule has 0 aliphatic carbocycles. The highest BCUT2D eigenvalue weighted by atomic mass is 35.5. The Hall–Kier alpha value is -0.670. The molecule has 0 saturated heterocycles. The van der Waals surface area contributed by atoms with Crippen LogP contribution in [0, 0.1) is 0 Å². The number of hydrogen-bond acceptors (Lipinski definition) is 2. The first-order valence-electron chi connectivity index (χ1n) is 5.55. The Morgan fingerprint density at radius 2 is 1.89 bits per heavy atom. The first-order valence-corrected chi connectivity index (χ1v) is 7.29. The molecule has 0 radical (unpaired) electrons. The van der Waals surface area contributed by atoms with Crippen molar-refractivity contribution >= 4 is 35.0 Å². The first kappa shape index (κ1) is 13.8. The lowest BCUT2D eigenvalue weighted by Crippen LogP contribution is -1.96. The first-order chi connectivity index (χ1) is 8.69. The highest BCUT2D eigenvalue weighted by Crippen LogP contribution is 2.28. The molecule has 4 heteroatoms. The molecule has 0 aliphatic heterocycles. The molecule has 2 aromatic carbocycles. The minimum absolute atomic E-state index is 0.515. The molecular formula is C14H13Cl2NS. The zero-order chi connectivity index (χ0) is 13.0. The van der Waals surface area contributed by atoms with Gasteiger partial charge in [0.15, 0.2) is 0 Å². The Bertz CT molecular complexity index is 543. The van der Waals surface area contributed by atoms with Crippen molar-refractivity contribution in [2.45, 2.75) is 17.2 Å². The second kappa shape index (κ2) is 6.48. The van der Waals surface area contributed by atoms with Gasteiger partial charge in [-0.3, -0.25) is 0 Å². The Kier molecular flexibility index (Phi) is 4.95. The molecule has 0 atom stereocenters. The Balaban J connectivity index is 2.06. The topological polar surface area (TPSA) is 26.0 Å². The van der Waals surface area contributed by atoms with E-state index in [0.717, 1.165) is 31.8 Å². The zero-order valence-corrected chi connectivity index (χ0v) is 12.0. The van der Waals surface area contributed by atoms with Gasteiger partial charge in [-0.05, 0) is 35.4 Å². The van der Waals surface area contributed by atoms with Gasteiger partial charge < -0.3 is 5.73 Å². The van der Waals surface area contributed by atoms with E-state index in [4.69, 9.17) is 28.9 Å². The van der Waals surface area contributed by atoms with Crippen molar-refractivity contribution in [3.8, 4) is 0 Å². The highest BCUT2D eigenvalue weighted by molar-refractivity contribution is 7.98. The van der Waals surface area contributed by atoms with Crippen LogP contribution in [0.5, 0.6) is 0 Å². The molecule has 2 aromatic rings. The molecule has 0 fully saturated rings. The van der Waals surface area contributed by atoms with Gasteiger partial charge in [0.25, 0.3) is 0 Å². The third kappa shape index (κ3) is 3.66. The average molecular weight is 298 g/mol. The Morgan fingerprint density at radius 3 is 2.56 bits per heavy atom. The van der Waals surface area contributed by atoms with E-state index in [1.165, 1.54) is 0 Å². The van der Waals surface area contributed by atoms with Gasteiger partial charge in [-0.25, -0.2) is 0 Å².